The van der Waals surface area contributed by atoms with Gasteiger partial charge in [-0.3, -0.25) is 9.59 Å². The lowest BCUT2D eigenvalue weighted by Gasteiger charge is -2.20. The predicted molar refractivity (Wildman–Crippen MR) is 69.0 cm³/mol. The highest BCUT2D eigenvalue weighted by molar-refractivity contribution is 7.99. The molecule has 1 aromatic carbocycles. The fourth-order valence-electron chi connectivity index (χ4n) is 1.63. The van der Waals surface area contributed by atoms with Gasteiger partial charge in [0.2, 0.25) is 5.91 Å². The van der Waals surface area contributed by atoms with Crippen LogP contribution in [0.1, 0.15) is 6.42 Å². The predicted octanol–water partition coefficient (Wildman–Crippen LogP) is 2.02. The third-order valence-electron chi connectivity index (χ3n) is 2.32. The van der Waals surface area contributed by atoms with Gasteiger partial charge >= 0.3 is 5.97 Å². The summed E-state index contributed by atoms with van der Waals surface area (Å²) in [5, 5.41) is 8.80. The average Bonchev–Trinajstić information content (AvgIpc) is 2.40. The van der Waals surface area contributed by atoms with Crippen molar-refractivity contribution in [2.75, 3.05) is 17.2 Å². The van der Waals surface area contributed by atoms with Crippen molar-refractivity contribution in [2.24, 2.45) is 0 Å². The highest BCUT2D eigenvalue weighted by Crippen LogP contribution is 2.33. The molecular formula is C11H12ClNO3S. The lowest BCUT2D eigenvalue weighted by molar-refractivity contribution is -0.136. The number of carbonyl (C=O) groups is 2. The number of aliphatic carboxylic acids is 1. The molecule has 1 aliphatic heterocycles. The monoisotopic (exact) mass is 273 g/mol. The number of thioether (sulfide) groups is 1. The van der Waals surface area contributed by atoms with Crippen LogP contribution in [-0.4, -0.2) is 29.3 Å². The van der Waals surface area contributed by atoms with E-state index in [1.807, 2.05) is 18.2 Å². The van der Waals surface area contributed by atoms with Gasteiger partial charge in [0.05, 0.1) is 5.69 Å². The molecule has 1 aliphatic rings. The zero-order valence-corrected chi connectivity index (χ0v) is 10.6. The molecule has 1 amide bonds. The fraction of sp³-hybridized carbons (Fsp3) is 0.273. The van der Waals surface area contributed by atoms with Crippen molar-refractivity contribution in [3.05, 3.63) is 24.3 Å². The molecule has 0 spiro atoms. The maximum absolute atomic E-state index is 11.8. The van der Waals surface area contributed by atoms with Gasteiger partial charge in [0.25, 0.3) is 0 Å². The zero-order valence-electron chi connectivity index (χ0n) is 8.96. The highest BCUT2D eigenvalue weighted by atomic mass is 35.5. The topological polar surface area (TPSA) is 57.6 Å². The van der Waals surface area contributed by atoms with Gasteiger partial charge in [-0.2, -0.15) is 0 Å². The van der Waals surface area contributed by atoms with E-state index in [0.29, 0.717) is 17.9 Å². The van der Waals surface area contributed by atoms with E-state index in [2.05, 4.69) is 0 Å². The molecule has 92 valence electrons. The Labute approximate surface area is 109 Å². The number of anilines is 1. The van der Waals surface area contributed by atoms with Crippen LogP contribution in [0.25, 0.3) is 0 Å². The molecule has 0 bridgehead atoms. The number of carboxylic acids is 1. The van der Waals surface area contributed by atoms with Gasteiger partial charge in [0, 0.05) is 17.1 Å². The Morgan fingerprint density at radius 1 is 1.41 bits per heavy atom. The second-order valence-corrected chi connectivity index (χ2v) is 4.58. The van der Waals surface area contributed by atoms with Gasteiger partial charge in [0.1, 0.15) is 6.54 Å². The molecule has 0 aliphatic carbocycles. The second-order valence-electron chi connectivity index (χ2n) is 3.44. The van der Waals surface area contributed by atoms with Crippen molar-refractivity contribution in [2.45, 2.75) is 11.3 Å². The molecule has 1 heterocycles. The molecule has 0 unspecified atom stereocenters. The van der Waals surface area contributed by atoms with Gasteiger partial charge in [-0.15, -0.1) is 24.2 Å². The Morgan fingerprint density at radius 2 is 2.12 bits per heavy atom. The summed E-state index contributed by atoms with van der Waals surface area (Å²) in [6.07, 6.45) is 0.382. The minimum atomic E-state index is -0.991. The number of benzene rings is 1. The van der Waals surface area contributed by atoms with E-state index in [9.17, 15) is 9.59 Å². The number of carbonyl (C=O) groups excluding carboxylic acids is 1. The maximum Gasteiger partial charge on any atom is 0.323 e. The van der Waals surface area contributed by atoms with Crippen LogP contribution in [0.2, 0.25) is 0 Å². The Hall–Kier alpha value is -1.20. The fourth-order valence-corrected chi connectivity index (χ4v) is 2.63. The molecule has 17 heavy (non-hydrogen) atoms. The number of nitrogens with zero attached hydrogens (tertiary/aromatic N) is 1. The van der Waals surface area contributed by atoms with Crippen LogP contribution < -0.4 is 4.90 Å². The third-order valence-corrected chi connectivity index (χ3v) is 3.39. The summed E-state index contributed by atoms with van der Waals surface area (Å²) in [7, 11) is 0. The molecule has 0 radical (unpaired) electrons. The van der Waals surface area contributed by atoms with Crippen molar-refractivity contribution >= 4 is 41.7 Å². The van der Waals surface area contributed by atoms with Crippen molar-refractivity contribution in [1.29, 1.82) is 0 Å². The normalized spacial score (nSPS) is 14.6. The first kappa shape index (κ1) is 13.9. The summed E-state index contributed by atoms with van der Waals surface area (Å²) in [6, 6.07) is 7.40. The van der Waals surface area contributed by atoms with Crippen molar-refractivity contribution in [3.8, 4) is 0 Å². The molecule has 0 aromatic heterocycles. The minimum Gasteiger partial charge on any atom is -0.480 e. The summed E-state index contributed by atoms with van der Waals surface area (Å²) in [4.78, 5) is 24.8. The largest absolute Gasteiger partial charge is 0.480 e. The van der Waals surface area contributed by atoms with Crippen LogP contribution in [0.4, 0.5) is 5.69 Å². The maximum atomic E-state index is 11.8. The van der Waals surface area contributed by atoms with E-state index < -0.39 is 5.97 Å². The zero-order chi connectivity index (χ0) is 11.5. The lowest BCUT2D eigenvalue weighted by atomic mass is 10.2. The first-order chi connectivity index (χ1) is 7.68. The van der Waals surface area contributed by atoms with E-state index in [0.717, 1.165) is 4.90 Å². The molecular weight excluding hydrogens is 262 g/mol. The summed E-state index contributed by atoms with van der Waals surface area (Å²) >= 11 is 1.59. The van der Waals surface area contributed by atoms with Crippen LogP contribution in [0.3, 0.4) is 0 Å². The SMILES string of the molecule is Cl.O=C(O)CN1C(=O)CCSc2ccccc21. The molecule has 0 saturated carbocycles. The molecule has 1 N–H and O–H groups in total. The average molecular weight is 274 g/mol. The van der Waals surface area contributed by atoms with Crippen LogP contribution in [0, 0.1) is 0 Å². The van der Waals surface area contributed by atoms with E-state index in [1.54, 1.807) is 17.8 Å². The Kier molecular flexibility index (Phi) is 4.84. The lowest BCUT2D eigenvalue weighted by Crippen LogP contribution is -2.35. The molecule has 6 heteroatoms. The van der Waals surface area contributed by atoms with E-state index in [-0.39, 0.29) is 24.9 Å². The Morgan fingerprint density at radius 3 is 2.82 bits per heavy atom. The first-order valence-corrected chi connectivity index (χ1v) is 5.91. The second kappa shape index (κ2) is 5.93. The van der Waals surface area contributed by atoms with E-state index in [1.165, 1.54) is 4.90 Å². The molecule has 0 saturated heterocycles. The van der Waals surface area contributed by atoms with Crippen molar-refractivity contribution in [3.63, 3.8) is 0 Å². The summed E-state index contributed by atoms with van der Waals surface area (Å²) in [6.45, 7) is -0.267. The molecule has 0 fully saturated rings. The van der Waals surface area contributed by atoms with Gasteiger partial charge in [0.15, 0.2) is 0 Å². The number of carboxylic acid groups (broad SMARTS) is 1. The summed E-state index contributed by atoms with van der Waals surface area (Å²) in [5.41, 5.74) is 0.706. The number of rotatable bonds is 2. The van der Waals surface area contributed by atoms with Gasteiger partial charge in [-0.05, 0) is 12.1 Å². The number of hydrogen-bond acceptors (Lipinski definition) is 3. The number of halogens is 1. The van der Waals surface area contributed by atoms with Crippen LogP contribution >= 0.6 is 24.2 Å². The third kappa shape index (κ3) is 3.14. The molecule has 2 rings (SSSR count). The number of amides is 1. The quantitative estimate of drug-likeness (QED) is 0.896. The van der Waals surface area contributed by atoms with E-state index >= 15 is 0 Å². The first-order valence-electron chi connectivity index (χ1n) is 4.92. The van der Waals surface area contributed by atoms with Crippen LogP contribution in [0.5, 0.6) is 0 Å². The van der Waals surface area contributed by atoms with Gasteiger partial charge in [-0.25, -0.2) is 0 Å². The number of fused-ring (bicyclic) bond motifs is 1. The smallest absolute Gasteiger partial charge is 0.323 e. The summed E-state index contributed by atoms with van der Waals surface area (Å²) < 4.78 is 0. The van der Waals surface area contributed by atoms with Crippen molar-refractivity contribution < 1.29 is 14.7 Å². The highest BCUT2D eigenvalue weighted by Gasteiger charge is 2.23. The number of hydrogen-bond donors (Lipinski definition) is 1. The molecule has 0 atom stereocenters. The number of para-hydroxylation sites is 1. The molecule has 1 aromatic rings. The van der Waals surface area contributed by atoms with Gasteiger partial charge in [-0.1, -0.05) is 12.1 Å². The minimum absolute atomic E-state index is 0. The van der Waals surface area contributed by atoms with Crippen molar-refractivity contribution in [1.82, 2.24) is 0 Å². The van der Waals surface area contributed by atoms with Crippen LogP contribution in [-0.2, 0) is 9.59 Å². The standard InChI is InChI=1S/C11H11NO3S.ClH/c13-10-5-6-16-9-4-2-1-3-8(9)12(10)7-11(14)15;/h1-4H,5-7H2,(H,14,15);1H. The molecule has 4 nitrogen and oxygen atoms in total. The van der Waals surface area contributed by atoms with Crippen LogP contribution in [0.15, 0.2) is 29.2 Å². The van der Waals surface area contributed by atoms with Gasteiger partial charge < -0.3 is 10.0 Å². The Bertz CT molecular complexity index is 438. The van der Waals surface area contributed by atoms with E-state index in [4.69, 9.17) is 5.11 Å². The summed E-state index contributed by atoms with van der Waals surface area (Å²) in [5.74, 6) is -0.415. The Balaban J connectivity index is 0.00000144.